The molecule has 0 amide bonds. The normalized spacial score (nSPS) is 11.7. The quantitative estimate of drug-likeness (QED) is 0.854. The average Bonchev–Trinajstić information content (AvgIpc) is 2.66. The van der Waals surface area contributed by atoms with Crippen LogP contribution in [0.3, 0.4) is 0 Å². The Kier molecular flexibility index (Phi) is 4.10. The van der Waals surface area contributed by atoms with E-state index in [-0.39, 0.29) is 5.41 Å². The molecule has 0 unspecified atom stereocenters. The van der Waals surface area contributed by atoms with Crippen molar-refractivity contribution in [3.63, 3.8) is 0 Å². The molecule has 0 radical (unpaired) electrons. The number of allylic oxidation sites excluding steroid dienone is 1. The van der Waals surface area contributed by atoms with Crippen molar-refractivity contribution in [1.29, 1.82) is 0 Å². The van der Waals surface area contributed by atoms with E-state index < -0.39 is 5.82 Å². The zero-order valence-corrected chi connectivity index (χ0v) is 13.2. The summed E-state index contributed by atoms with van der Waals surface area (Å²) in [5, 5.41) is 0.319. The Morgan fingerprint density at radius 1 is 1.38 bits per heavy atom. The van der Waals surface area contributed by atoms with Gasteiger partial charge < -0.3 is 10.3 Å². The fourth-order valence-electron chi connectivity index (χ4n) is 2.25. The number of benzene rings is 1. The van der Waals surface area contributed by atoms with Gasteiger partial charge in [0.2, 0.25) is 0 Å². The minimum atomic E-state index is -0.410. The van der Waals surface area contributed by atoms with E-state index in [1.54, 1.807) is 12.1 Å². The van der Waals surface area contributed by atoms with Crippen LogP contribution in [0.1, 0.15) is 26.6 Å². The molecule has 5 heteroatoms. The maximum absolute atomic E-state index is 13.6. The number of nitrogens with zero attached hydrogens (tertiary/aromatic N) is 2. The molecule has 0 bridgehead atoms. The fourth-order valence-corrected chi connectivity index (χ4v) is 2.48. The second kappa shape index (κ2) is 5.53. The molecular weight excluding hydrogens is 289 g/mol. The first-order valence-electron chi connectivity index (χ1n) is 6.68. The van der Waals surface area contributed by atoms with Gasteiger partial charge in [-0.25, -0.2) is 9.37 Å². The smallest absolute Gasteiger partial charge is 0.132 e. The highest BCUT2D eigenvalue weighted by molar-refractivity contribution is 6.30. The minimum Gasteiger partial charge on any atom is -0.383 e. The summed E-state index contributed by atoms with van der Waals surface area (Å²) in [6.07, 6.45) is 1.76. The van der Waals surface area contributed by atoms with E-state index in [0.29, 0.717) is 28.6 Å². The Bertz CT molecular complexity index is 663. The first kappa shape index (κ1) is 15.6. The number of imidazole rings is 1. The fraction of sp³-hybridized carbons (Fsp3) is 0.312. The van der Waals surface area contributed by atoms with Gasteiger partial charge in [0.15, 0.2) is 0 Å². The summed E-state index contributed by atoms with van der Waals surface area (Å²) in [4.78, 5) is 4.62. The van der Waals surface area contributed by atoms with Crippen LogP contribution in [0.2, 0.25) is 5.02 Å². The number of nitrogens with two attached hydrogens (primary N) is 1. The van der Waals surface area contributed by atoms with Gasteiger partial charge in [0.25, 0.3) is 0 Å². The summed E-state index contributed by atoms with van der Waals surface area (Å²) in [5.41, 5.74) is 7.14. The summed E-state index contributed by atoms with van der Waals surface area (Å²) in [7, 11) is 0. The van der Waals surface area contributed by atoms with E-state index in [4.69, 9.17) is 17.3 Å². The van der Waals surface area contributed by atoms with Crippen LogP contribution in [0.15, 0.2) is 30.9 Å². The van der Waals surface area contributed by atoms with Crippen LogP contribution in [0.25, 0.3) is 11.3 Å². The molecule has 0 saturated heterocycles. The maximum atomic E-state index is 13.6. The van der Waals surface area contributed by atoms with Gasteiger partial charge in [0, 0.05) is 22.5 Å². The van der Waals surface area contributed by atoms with E-state index in [0.717, 1.165) is 5.82 Å². The van der Waals surface area contributed by atoms with E-state index in [9.17, 15) is 4.39 Å². The van der Waals surface area contributed by atoms with Gasteiger partial charge in [-0.2, -0.15) is 0 Å². The molecule has 0 fully saturated rings. The standard InChI is InChI=1S/C16H19ClFN3/c1-5-6-21-14(19)13(20-15(21)16(2,3)4)10-7-11(17)9-12(18)8-10/h5,7-9H,1,6,19H2,2-4H3. The Labute approximate surface area is 129 Å². The van der Waals surface area contributed by atoms with Crippen LogP contribution >= 0.6 is 11.6 Å². The monoisotopic (exact) mass is 307 g/mol. The topological polar surface area (TPSA) is 43.8 Å². The number of anilines is 1. The molecule has 3 nitrogen and oxygen atoms in total. The predicted molar refractivity (Wildman–Crippen MR) is 85.9 cm³/mol. The second-order valence-electron chi connectivity index (χ2n) is 5.98. The minimum absolute atomic E-state index is 0.188. The summed E-state index contributed by atoms with van der Waals surface area (Å²) in [5.74, 6) is 0.907. The van der Waals surface area contributed by atoms with Gasteiger partial charge in [-0.05, 0) is 18.2 Å². The molecular formula is C16H19ClFN3. The lowest BCUT2D eigenvalue weighted by Gasteiger charge is -2.19. The summed E-state index contributed by atoms with van der Waals surface area (Å²) < 4.78 is 15.4. The van der Waals surface area contributed by atoms with Gasteiger partial charge >= 0.3 is 0 Å². The molecule has 0 aliphatic heterocycles. The molecule has 1 heterocycles. The van der Waals surface area contributed by atoms with E-state index >= 15 is 0 Å². The van der Waals surface area contributed by atoms with Crippen LogP contribution in [-0.4, -0.2) is 9.55 Å². The molecule has 0 atom stereocenters. The van der Waals surface area contributed by atoms with Crippen molar-refractivity contribution in [3.8, 4) is 11.3 Å². The van der Waals surface area contributed by atoms with Gasteiger partial charge in [-0.15, -0.1) is 6.58 Å². The summed E-state index contributed by atoms with van der Waals surface area (Å²) in [6, 6.07) is 4.30. The average molecular weight is 308 g/mol. The summed E-state index contributed by atoms with van der Waals surface area (Å²) >= 11 is 5.92. The lowest BCUT2D eigenvalue weighted by Crippen LogP contribution is -2.19. The third kappa shape index (κ3) is 3.10. The molecule has 21 heavy (non-hydrogen) atoms. The first-order chi connectivity index (χ1) is 9.74. The Morgan fingerprint density at radius 3 is 2.57 bits per heavy atom. The van der Waals surface area contributed by atoms with Crippen molar-refractivity contribution < 1.29 is 4.39 Å². The highest BCUT2D eigenvalue weighted by atomic mass is 35.5. The number of hydrogen-bond acceptors (Lipinski definition) is 2. The number of aromatic nitrogens is 2. The molecule has 0 aliphatic rings. The lowest BCUT2D eigenvalue weighted by atomic mass is 9.95. The van der Waals surface area contributed by atoms with E-state index in [1.807, 2.05) is 4.57 Å². The first-order valence-corrected chi connectivity index (χ1v) is 7.05. The van der Waals surface area contributed by atoms with Crippen molar-refractivity contribution in [1.82, 2.24) is 9.55 Å². The molecule has 1 aromatic carbocycles. The second-order valence-corrected chi connectivity index (χ2v) is 6.41. The molecule has 0 spiro atoms. The van der Waals surface area contributed by atoms with Crippen LogP contribution < -0.4 is 5.73 Å². The molecule has 2 rings (SSSR count). The molecule has 1 aromatic heterocycles. The zero-order chi connectivity index (χ0) is 15.8. The largest absolute Gasteiger partial charge is 0.383 e. The van der Waals surface area contributed by atoms with Crippen molar-refractivity contribution in [2.45, 2.75) is 32.7 Å². The molecule has 0 saturated carbocycles. The van der Waals surface area contributed by atoms with Gasteiger partial charge in [-0.1, -0.05) is 38.4 Å². The van der Waals surface area contributed by atoms with Crippen LogP contribution in [-0.2, 0) is 12.0 Å². The third-order valence-electron chi connectivity index (χ3n) is 3.13. The number of rotatable bonds is 3. The predicted octanol–water partition coefficient (Wildman–Crippen LogP) is 4.41. The van der Waals surface area contributed by atoms with Gasteiger partial charge in [0.1, 0.15) is 23.2 Å². The number of halogens is 2. The number of nitrogen functional groups attached to an aromatic ring is 1. The van der Waals surface area contributed by atoms with Gasteiger partial charge in [-0.3, -0.25) is 0 Å². The molecule has 2 N–H and O–H groups in total. The Morgan fingerprint density at radius 2 is 2.05 bits per heavy atom. The van der Waals surface area contributed by atoms with Crippen molar-refractivity contribution in [2.24, 2.45) is 0 Å². The SMILES string of the molecule is C=CCn1c(C(C)(C)C)nc(-c2cc(F)cc(Cl)c2)c1N. The highest BCUT2D eigenvalue weighted by Crippen LogP contribution is 2.33. The highest BCUT2D eigenvalue weighted by Gasteiger charge is 2.25. The van der Waals surface area contributed by atoms with Crippen LogP contribution in [0.5, 0.6) is 0 Å². The third-order valence-corrected chi connectivity index (χ3v) is 3.34. The lowest BCUT2D eigenvalue weighted by molar-refractivity contribution is 0.515. The maximum Gasteiger partial charge on any atom is 0.132 e. The molecule has 112 valence electrons. The summed E-state index contributed by atoms with van der Waals surface area (Å²) in [6.45, 7) is 10.5. The molecule has 2 aromatic rings. The molecule has 0 aliphatic carbocycles. The van der Waals surface area contributed by atoms with Crippen molar-refractivity contribution in [2.75, 3.05) is 5.73 Å². The van der Waals surface area contributed by atoms with Crippen LogP contribution in [0.4, 0.5) is 10.2 Å². The van der Waals surface area contributed by atoms with E-state index in [1.165, 1.54) is 12.1 Å². The van der Waals surface area contributed by atoms with E-state index in [2.05, 4.69) is 32.3 Å². The van der Waals surface area contributed by atoms with Gasteiger partial charge in [0.05, 0.1) is 0 Å². The van der Waals surface area contributed by atoms with Crippen LogP contribution in [0, 0.1) is 5.82 Å². The Hall–Kier alpha value is -1.81. The Balaban J connectivity index is 2.67. The zero-order valence-electron chi connectivity index (χ0n) is 12.5. The number of hydrogen-bond donors (Lipinski definition) is 1. The van der Waals surface area contributed by atoms with Crippen molar-refractivity contribution >= 4 is 17.4 Å². The van der Waals surface area contributed by atoms with Crippen molar-refractivity contribution in [3.05, 3.63) is 47.5 Å².